The lowest BCUT2D eigenvalue weighted by Crippen LogP contribution is -2.50. The summed E-state index contributed by atoms with van der Waals surface area (Å²) in [5.41, 5.74) is -0.128. The number of amides is 1. The van der Waals surface area contributed by atoms with Crippen molar-refractivity contribution < 1.29 is 22.9 Å². The number of nitro benzene ring substituents is 1. The van der Waals surface area contributed by atoms with Gasteiger partial charge in [-0.2, -0.15) is 4.31 Å². The zero-order valence-electron chi connectivity index (χ0n) is 13.5. The van der Waals surface area contributed by atoms with E-state index < -0.39 is 21.0 Å². The number of rotatable bonds is 4. The van der Waals surface area contributed by atoms with Gasteiger partial charge in [0.05, 0.1) is 16.4 Å². The summed E-state index contributed by atoms with van der Waals surface area (Å²) in [6.45, 7) is 4.03. The Hall–Kier alpha value is -2.20. The summed E-state index contributed by atoms with van der Waals surface area (Å²) >= 11 is 0. The maximum absolute atomic E-state index is 12.8. The van der Waals surface area contributed by atoms with Crippen LogP contribution in [0.4, 0.5) is 10.5 Å². The van der Waals surface area contributed by atoms with E-state index in [-0.39, 0.29) is 48.9 Å². The molecule has 1 aliphatic heterocycles. The van der Waals surface area contributed by atoms with Crippen LogP contribution in [0, 0.1) is 17.0 Å². The molecule has 1 aliphatic rings. The van der Waals surface area contributed by atoms with Crippen LogP contribution in [0.2, 0.25) is 0 Å². The van der Waals surface area contributed by atoms with Crippen molar-refractivity contribution in [3.05, 3.63) is 33.9 Å². The second-order valence-corrected chi connectivity index (χ2v) is 7.15. The van der Waals surface area contributed by atoms with Crippen molar-refractivity contribution in [2.75, 3.05) is 32.8 Å². The number of benzene rings is 1. The topological polar surface area (TPSA) is 110 Å². The van der Waals surface area contributed by atoms with Crippen LogP contribution in [0.25, 0.3) is 0 Å². The molecule has 2 rings (SSSR count). The minimum Gasteiger partial charge on any atom is -0.450 e. The van der Waals surface area contributed by atoms with Crippen LogP contribution >= 0.6 is 0 Å². The monoisotopic (exact) mass is 357 g/mol. The van der Waals surface area contributed by atoms with Crippen molar-refractivity contribution in [1.29, 1.82) is 0 Å². The first-order valence-corrected chi connectivity index (χ1v) is 8.89. The minimum absolute atomic E-state index is 0.0821. The zero-order chi connectivity index (χ0) is 17.9. The third kappa shape index (κ3) is 3.49. The molecule has 0 unspecified atom stereocenters. The summed E-state index contributed by atoms with van der Waals surface area (Å²) in [6.07, 6.45) is -0.471. The summed E-state index contributed by atoms with van der Waals surface area (Å²) < 4.78 is 31.6. The molecule has 1 aromatic rings. The maximum Gasteiger partial charge on any atom is 0.409 e. The van der Waals surface area contributed by atoms with Crippen LogP contribution in [-0.4, -0.2) is 61.4 Å². The lowest BCUT2D eigenvalue weighted by Gasteiger charge is -2.33. The highest BCUT2D eigenvalue weighted by atomic mass is 32.2. The largest absolute Gasteiger partial charge is 0.450 e. The van der Waals surface area contributed by atoms with Crippen LogP contribution in [-0.2, 0) is 14.8 Å². The average molecular weight is 357 g/mol. The first kappa shape index (κ1) is 18.1. The van der Waals surface area contributed by atoms with Crippen LogP contribution in [0.15, 0.2) is 23.1 Å². The summed E-state index contributed by atoms with van der Waals surface area (Å²) in [6, 6.07) is 3.98. The fraction of sp³-hybridized carbons (Fsp3) is 0.500. The molecular formula is C14H19N3O6S. The number of nitro groups is 1. The molecule has 0 radical (unpaired) electrons. The quantitative estimate of drug-likeness (QED) is 0.594. The molecular weight excluding hydrogens is 338 g/mol. The molecule has 1 amide bonds. The van der Waals surface area contributed by atoms with Crippen LogP contribution in [0.1, 0.15) is 12.5 Å². The number of hydrogen-bond donors (Lipinski definition) is 0. The van der Waals surface area contributed by atoms with E-state index in [1.165, 1.54) is 34.3 Å². The molecule has 0 spiro atoms. The van der Waals surface area contributed by atoms with E-state index in [2.05, 4.69) is 0 Å². The first-order chi connectivity index (χ1) is 11.3. The summed E-state index contributed by atoms with van der Waals surface area (Å²) in [5.74, 6) is 0. The molecule has 1 fully saturated rings. The van der Waals surface area contributed by atoms with Gasteiger partial charge in [-0.3, -0.25) is 10.1 Å². The number of nitrogens with zero attached hydrogens (tertiary/aromatic N) is 3. The highest BCUT2D eigenvalue weighted by Gasteiger charge is 2.33. The van der Waals surface area contributed by atoms with E-state index in [0.29, 0.717) is 0 Å². The molecule has 0 atom stereocenters. The molecule has 0 bridgehead atoms. The number of piperazine rings is 1. The summed E-state index contributed by atoms with van der Waals surface area (Å²) in [5, 5.41) is 11.0. The van der Waals surface area contributed by atoms with Crippen LogP contribution < -0.4 is 0 Å². The smallest absolute Gasteiger partial charge is 0.409 e. The average Bonchev–Trinajstić information content (AvgIpc) is 2.55. The molecule has 24 heavy (non-hydrogen) atoms. The van der Waals surface area contributed by atoms with E-state index >= 15 is 0 Å². The molecule has 1 aromatic carbocycles. The third-order valence-electron chi connectivity index (χ3n) is 3.83. The van der Waals surface area contributed by atoms with Crippen LogP contribution in [0.3, 0.4) is 0 Å². The van der Waals surface area contributed by atoms with E-state index in [0.717, 1.165) is 0 Å². The van der Waals surface area contributed by atoms with Gasteiger partial charge in [-0.1, -0.05) is 6.07 Å². The van der Waals surface area contributed by atoms with Crippen molar-refractivity contribution in [2.45, 2.75) is 18.7 Å². The van der Waals surface area contributed by atoms with Gasteiger partial charge in [0.25, 0.3) is 5.69 Å². The molecule has 0 aromatic heterocycles. The zero-order valence-corrected chi connectivity index (χ0v) is 14.3. The van der Waals surface area contributed by atoms with Gasteiger partial charge in [0.15, 0.2) is 0 Å². The molecule has 10 heteroatoms. The lowest BCUT2D eigenvalue weighted by molar-refractivity contribution is -0.385. The Kier molecular flexibility index (Phi) is 5.40. The van der Waals surface area contributed by atoms with Crippen molar-refractivity contribution in [1.82, 2.24) is 9.21 Å². The lowest BCUT2D eigenvalue weighted by atomic mass is 10.2. The number of carbonyl (C=O) groups is 1. The molecule has 0 aliphatic carbocycles. The second kappa shape index (κ2) is 7.14. The van der Waals surface area contributed by atoms with Gasteiger partial charge in [0, 0.05) is 37.8 Å². The van der Waals surface area contributed by atoms with Crippen molar-refractivity contribution in [2.24, 2.45) is 0 Å². The van der Waals surface area contributed by atoms with E-state index in [4.69, 9.17) is 4.74 Å². The summed E-state index contributed by atoms with van der Waals surface area (Å²) in [4.78, 5) is 23.4. The van der Waals surface area contributed by atoms with Crippen molar-refractivity contribution in [3.8, 4) is 0 Å². The maximum atomic E-state index is 12.8. The molecule has 132 valence electrons. The van der Waals surface area contributed by atoms with Crippen molar-refractivity contribution >= 4 is 21.8 Å². The predicted octanol–water partition coefficient (Wildman–Crippen LogP) is 1.37. The highest BCUT2D eigenvalue weighted by Crippen LogP contribution is 2.27. The number of hydrogen-bond acceptors (Lipinski definition) is 6. The van der Waals surface area contributed by atoms with Crippen molar-refractivity contribution in [3.63, 3.8) is 0 Å². The Morgan fingerprint density at radius 1 is 1.29 bits per heavy atom. The molecule has 1 heterocycles. The van der Waals surface area contributed by atoms with Gasteiger partial charge in [-0.05, 0) is 19.9 Å². The van der Waals surface area contributed by atoms with Gasteiger partial charge in [0.2, 0.25) is 10.0 Å². The fourth-order valence-corrected chi connectivity index (χ4v) is 4.21. The fourth-order valence-electron chi connectivity index (χ4n) is 2.54. The third-order valence-corrected chi connectivity index (χ3v) is 5.88. The normalized spacial score (nSPS) is 16.0. The van der Waals surface area contributed by atoms with Gasteiger partial charge in [-0.15, -0.1) is 0 Å². The van der Waals surface area contributed by atoms with E-state index in [1.807, 2.05) is 0 Å². The number of ether oxygens (including phenoxy) is 1. The second-order valence-electron chi connectivity index (χ2n) is 5.25. The van der Waals surface area contributed by atoms with Gasteiger partial charge < -0.3 is 9.64 Å². The van der Waals surface area contributed by atoms with Gasteiger partial charge >= 0.3 is 6.09 Å². The van der Waals surface area contributed by atoms with E-state index in [1.54, 1.807) is 6.92 Å². The molecule has 1 saturated heterocycles. The Bertz CT molecular complexity index is 741. The molecule has 0 N–H and O–H groups in total. The minimum atomic E-state index is -3.86. The standard InChI is InChI=1S/C14H19N3O6S/c1-3-23-14(18)15-7-9-16(10-8-15)24(21,22)13-6-4-5-12(11(13)2)17(19)20/h4-6H,3,7-10H2,1-2H3. The summed E-state index contributed by atoms with van der Waals surface area (Å²) in [7, 11) is -3.86. The Balaban J connectivity index is 2.20. The number of carbonyl (C=O) groups excluding carboxylic acids is 1. The van der Waals surface area contributed by atoms with Gasteiger partial charge in [0.1, 0.15) is 0 Å². The first-order valence-electron chi connectivity index (χ1n) is 7.45. The van der Waals surface area contributed by atoms with Crippen LogP contribution in [0.5, 0.6) is 0 Å². The Morgan fingerprint density at radius 3 is 2.46 bits per heavy atom. The molecule has 0 saturated carbocycles. The number of sulfonamides is 1. The van der Waals surface area contributed by atoms with E-state index in [9.17, 15) is 23.3 Å². The Morgan fingerprint density at radius 2 is 1.92 bits per heavy atom. The predicted molar refractivity (Wildman–Crippen MR) is 85.2 cm³/mol. The Labute approximate surface area is 140 Å². The SMILES string of the molecule is CCOC(=O)N1CCN(S(=O)(=O)c2cccc([N+](=O)[O-])c2C)CC1. The molecule has 9 nitrogen and oxygen atoms in total. The van der Waals surface area contributed by atoms with Gasteiger partial charge in [-0.25, -0.2) is 13.2 Å². The highest BCUT2D eigenvalue weighted by molar-refractivity contribution is 7.89.